The minimum Gasteiger partial charge on any atom is -0.371 e. The zero-order valence-electron chi connectivity index (χ0n) is 9.06. The molecule has 0 bridgehead atoms. The molecule has 15 heavy (non-hydrogen) atoms. The van der Waals surface area contributed by atoms with Gasteiger partial charge in [0.1, 0.15) is 0 Å². The molecule has 3 heteroatoms. The zero-order valence-corrected chi connectivity index (χ0v) is 9.87. The summed E-state index contributed by atoms with van der Waals surface area (Å²) in [6.45, 7) is 2.93. The summed E-state index contributed by atoms with van der Waals surface area (Å²) >= 11 is 1.87. The van der Waals surface area contributed by atoms with E-state index in [4.69, 9.17) is 4.74 Å². The van der Waals surface area contributed by atoms with Crippen LogP contribution in [0.4, 0.5) is 0 Å². The van der Waals surface area contributed by atoms with Gasteiger partial charge in [0.2, 0.25) is 0 Å². The summed E-state index contributed by atoms with van der Waals surface area (Å²) in [5, 5.41) is 0. The Balaban J connectivity index is 1.64. The largest absolute Gasteiger partial charge is 0.371 e. The van der Waals surface area contributed by atoms with Crippen LogP contribution in [0.15, 0.2) is 30.3 Å². The molecule has 0 radical (unpaired) electrons. The predicted octanol–water partition coefficient (Wildman–Crippen LogP) is 2.21. The molecule has 0 aliphatic carbocycles. The van der Waals surface area contributed by atoms with Crippen molar-refractivity contribution >= 4 is 11.8 Å². The Kier molecular flexibility index (Phi) is 4.06. The molecule has 0 amide bonds. The van der Waals surface area contributed by atoms with Gasteiger partial charge in [-0.3, -0.25) is 4.90 Å². The van der Waals surface area contributed by atoms with Crippen molar-refractivity contribution in [1.29, 1.82) is 0 Å². The van der Waals surface area contributed by atoms with Crippen molar-refractivity contribution in [2.45, 2.75) is 12.7 Å². The number of nitrogens with zero attached hydrogens (tertiary/aromatic N) is 1. The van der Waals surface area contributed by atoms with Gasteiger partial charge in [-0.1, -0.05) is 30.3 Å². The van der Waals surface area contributed by atoms with Crippen molar-refractivity contribution in [3.63, 3.8) is 0 Å². The van der Waals surface area contributed by atoms with E-state index >= 15 is 0 Å². The molecule has 1 aliphatic heterocycles. The van der Waals surface area contributed by atoms with Gasteiger partial charge in [-0.15, -0.1) is 11.8 Å². The maximum atomic E-state index is 5.79. The van der Waals surface area contributed by atoms with Crippen LogP contribution in [0.25, 0.3) is 0 Å². The normalized spacial score (nSPS) is 17.7. The first-order valence-electron chi connectivity index (χ1n) is 5.25. The van der Waals surface area contributed by atoms with Gasteiger partial charge in [0, 0.05) is 19.0 Å². The number of hydrogen-bond donors (Lipinski definition) is 0. The molecule has 0 saturated carbocycles. The molecule has 82 valence electrons. The Morgan fingerprint density at radius 2 is 2.07 bits per heavy atom. The lowest BCUT2D eigenvalue weighted by molar-refractivity contribution is -0.0544. The molecular weight excluding hydrogens is 206 g/mol. The highest BCUT2D eigenvalue weighted by atomic mass is 32.2. The Labute approximate surface area is 95.6 Å². The second-order valence-corrected chi connectivity index (χ2v) is 4.71. The third-order valence-corrected chi connectivity index (χ3v) is 3.19. The summed E-state index contributed by atoms with van der Waals surface area (Å²) in [5.74, 6) is 1.13. The molecule has 2 rings (SSSR count). The van der Waals surface area contributed by atoms with Crippen molar-refractivity contribution in [2.75, 3.05) is 25.2 Å². The van der Waals surface area contributed by atoms with Gasteiger partial charge >= 0.3 is 0 Å². The summed E-state index contributed by atoms with van der Waals surface area (Å²) < 4.78 is 5.79. The molecule has 1 aromatic rings. The van der Waals surface area contributed by atoms with Crippen molar-refractivity contribution in [3.05, 3.63) is 35.9 Å². The Morgan fingerprint density at radius 1 is 1.33 bits per heavy atom. The summed E-state index contributed by atoms with van der Waals surface area (Å²) in [5.41, 5.74) is 1.26. The number of benzene rings is 1. The summed E-state index contributed by atoms with van der Waals surface area (Å²) in [4.78, 5) is 2.40. The molecule has 0 N–H and O–H groups in total. The second kappa shape index (κ2) is 5.54. The Hall–Kier alpha value is -0.510. The topological polar surface area (TPSA) is 12.5 Å². The van der Waals surface area contributed by atoms with Crippen LogP contribution in [0, 0.1) is 0 Å². The van der Waals surface area contributed by atoms with Crippen LogP contribution in [0.5, 0.6) is 0 Å². The fourth-order valence-corrected chi connectivity index (χ4v) is 2.28. The Bertz CT molecular complexity index is 285. The lowest BCUT2D eigenvalue weighted by Crippen LogP contribution is -2.51. The average molecular weight is 223 g/mol. The van der Waals surface area contributed by atoms with Gasteiger partial charge in [0.05, 0.1) is 12.7 Å². The van der Waals surface area contributed by atoms with Crippen molar-refractivity contribution in [1.82, 2.24) is 4.90 Å². The van der Waals surface area contributed by atoms with Crippen LogP contribution in [0.2, 0.25) is 0 Å². The first-order chi connectivity index (χ1) is 7.38. The molecule has 0 aromatic heterocycles. The quantitative estimate of drug-likeness (QED) is 0.759. The molecule has 1 aliphatic rings. The van der Waals surface area contributed by atoms with Crippen molar-refractivity contribution in [2.24, 2.45) is 0 Å². The monoisotopic (exact) mass is 223 g/mol. The van der Waals surface area contributed by atoms with Gasteiger partial charge < -0.3 is 4.74 Å². The van der Waals surface area contributed by atoms with Crippen LogP contribution in [-0.4, -0.2) is 36.2 Å². The number of rotatable bonds is 5. The highest BCUT2D eigenvalue weighted by molar-refractivity contribution is 7.98. The van der Waals surface area contributed by atoms with Crippen LogP contribution in [0.1, 0.15) is 5.56 Å². The van der Waals surface area contributed by atoms with Gasteiger partial charge in [-0.05, 0) is 11.8 Å². The standard InChI is InChI=1S/C12H17NOS/c1-15-10-13-7-12(8-13)14-9-11-5-3-2-4-6-11/h2-6,12H,7-10H2,1H3. The summed E-state index contributed by atoms with van der Waals surface area (Å²) in [6, 6.07) is 10.4. The van der Waals surface area contributed by atoms with Crippen LogP contribution in [-0.2, 0) is 11.3 Å². The molecule has 1 saturated heterocycles. The van der Waals surface area contributed by atoms with E-state index in [2.05, 4.69) is 35.4 Å². The third kappa shape index (κ3) is 3.23. The van der Waals surface area contributed by atoms with Gasteiger partial charge in [0.25, 0.3) is 0 Å². The Morgan fingerprint density at radius 3 is 2.73 bits per heavy atom. The number of thioether (sulfide) groups is 1. The van der Waals surface area contributed by atoms with Crippen LogP contribution >= 0.6 is 11.8 Å². The van der Waals surface area contributed by atoms with E-state index in [0.717, 1.165) is 25.6 Å². The van der Waals surface area contributed by atoms with Gasteiger partial charge in [0.15, 0.2) is 0 Å². The average Bonchev–Trinajstić information content (AvgIpc) is 2.23. The first-order valence-corrected chi connectivity index (χ1v) is 6.64. The van der Waals surface area contributed by atoms with E-state index < -0.39 is 0 Å². The molecule has 0 atom stereocenters. The van der Waals surface area contributed by atoms with Crippen molar-refractivity contribution < 1.29 is 4.74 Å². The molecule has 0 spiro atoms. The van der Waals surface area contributed by atoms with E-state index in [0.29, 0.717) is 6.10 Å². The first kappa shape index (κ1) is 11.0. The van der Waals surface area contributed by atoms with E-state index in [9.17, 15) is 0 Å². The predicted molar refractivity (Wildman–Crippen MR) is 65.0 cm³/mol. The maximum absolute atomic E-state index is 5.79. The third-order valence-electron chi connectivity index (χ3n) is 2.56. The van der Waals surface area contributed by atoms with Crippen LogP contribution in [0.3, 0.4) is 0 Å². The van der Waals surface area contributed by atoms with E-state index in [1.165, 1.54) is 5.56 Å². The molecule has 1 fully saturated rings. The second-order valence-electron chi connectivity index (χ2n) is 3.87. The lowest BCUT2D eigenvalue weighted by atomic mass is 10.2. The van der Waals surface area contributed by atoms with Gasteiger partial charge in [-0.25, -0.2) is 0 Å². The minimum atomic E-state index is 0.442. The zero-order chi connectivity index (χ0) is 10.5. The molecule has 2 nitrogen and oxygen atoms in total. The summed E-state index contributed by atoms with van der Waals surface area (Å²) in [6.07, 6.45) is 2.58. The van der Waals surface area contributed by atoms with Crippen LogP contribution < -0.4 is 0 Å². The smallest absolute Gasteiger partial charge is 0.0833 e. The van der Waals surface area contributed by atoms with E-state index in [1.807, 2.05) is 17.8 Å². The summed E-state index contributed by atoms with van der Waals surface area (Å²) in [7, 11) is 0. The van der Waals surface area contributed by atoms with Crippen molar-refractivity contribution in [3.8, 4) is 0 Å². The fourth-order valence-electron chi connectivity index (χ4n) is 1.70. The molecule has 1 aromatic carbocycles. The molecular formula is C12H17NOS. The SMILES string of the molecule is CSCN1CC(OCc2ccccc2)C1. The number of likely N-dealkylation sites (tertiary alicyclic amines) is 1. The fraction of sp³-hybridized carbons (Fsp3) is 0.500. The molecule has 1 heterocycles. The number of hydrogen-bond acceptors (Lipinski definition) is 3. The highest BCUT2D eigenvalue weighted by Gasteiger charge is 2.26. The lowest BCUT2D eigenvalue weighted by Gasteiger charge is -2.38. The van der Waals surface area contributed by atoms with Gasteiger partial charge in [-0.2, -0.15) is 0 Å². The van der Waals surface area contributed by atoms with E-state index in [-0.39, 0.29) is 0 Å². The number of ether oxygens (including phenoxy) is 1. The molecule has 0 unspecified atom stereocenters. The van der Waals surface area contributed by atoms with E-state index in [1.54, 1.807) is 0 Å². The minimum absolute atomic E-state index is 0.442. The maximum Gasteiger partial charge on any atom is 0.0833 e. The highest BCUT2D eigenvalue weighted by Crippen LogP contribution is 2.15.